The fourth-order valence-electron chi connectivity index (χ4n) is 3.92. The Balaban J connectivity index is 1.37. The maximum absolute atomic E-state index is 14.3. The van der Waals surface area contributed by atoms with Gasteiger partial charge in [0.25, 0.3) is 0 Å². The Morgan fingerprint density at radius 2 is 1.19 bits per heavy atom. The number of pyridine rings is 1. The first-order chi connectivity index (χ1) is 21.0. The van der Waals surface area contributed by atoms with E-state index in [2.05, 4.69) is 25.6 Å². The van der Waals surface area contributed by atoms with Gasteiger partial charge in [0.1, 0.15) is 41.0 Å². The Labute approximate surface area is 244 Å². The van der Waals surface area contributed by atoms with Crippen molar-refractivity contribution in [1.82, 2.24) is 35.0 Å². The first-order valence-corrected chi connectivity index (χ1v) is 13.2. The van der Waals surface area contributed by atoms with Gasteiger partial charge in [-0.25, -0.2) is 27.9 Å². The molecule has 0 amide bonds. The van der Waals surface area contributed by atoms with E-state index in [9.17, 15) is 13.6 Å². The average molecular weight is 592 g/mol. The average Bonchev–Trinajstić information content (AvgIpc) is 3.72. The van der Waals surface area contributed by atoms with E-state index in [0.29, 0.717) is 26.4 Å². The van der Waals surface area contributed by atoms with Crippen LogP contribution in [0.4, 0.5) is 8.78 Å². The molecule has 2 aromatic carbocycles. The minimum Gasteiger partial charge on any atom is -0.460 e. The van der Waals surface area contributed by atoms with Crippen LogP contribution in [-0.2, 0) is 18.9 Å². The lowest BCUT2D eigenvalue weighted by Gasteiger charge is -2.08. The molecule has 222 valence electrons. The van der Waals surface area contributed by atoms with Crippen LogP contribution < -0.4 is 0 Å². The zero-order valence-corrected chi connectivity index (χ0v) is 23.1. The molecule has 0 N–H and O–H groups in total. The van der Waals surface area contributed by atoms with Gasteiger partial charge in [0.2, 0.25) is 0 Å². The van der Waals surface area contributed by atoms with Crippen LogP contribution in [0.25, 0.3) is 34.2 Å². The maximum Gasteiger partial charge on any atom is 0.338 e. The van der Waals surface area contributed by atoms with E-state index in [0.717, 1.165) is 0 Å². The van der Waals surface area contributed by atoms with Gasteiger partial charge >= 0.3 is 5.97 Å². The van der Waals surface area contributed by atoms with Crippen LogP contribution in [-0.4, -0.2) is 87.7 Å². The molecular weight excluding hydrogens is 564 g/mol. The Bertz CT molecular complexity index is 1570. The lowest BCUT2D eigenvalue weighted by atomic mass is 10.1. The molecular formula is C29H27F2N7O5. The number of carbonyl (C=O) groups is 1. The summed E-state index contributed by atoms with van der Waals surface area (Å²) >= 11 is 0. The summed E-state index contributed by atoms with van der Waals surface area (Å²) < 4.78 is 52.3. The van der Waals surface area contributed by atoms with Crippen molar-refractivity contribution < 1.29 is 32.5 Å². The van der Waals surface area contributed by atoms with Crippen molar-refractivity contribution in [2.45, 2.75) is 0 Å². The van der Waals surface area contributed by atoms with Crippen LogP contribution in [0.1, 0.15) is 10.4 Å². The minimum atomic E-state index is -0.646. The number of methoxy groups -OCH3 is 1. The molecule has 5 rings (SSSR count). The van der Waals surface area contributed by atoms with Crippen molar-refractivity contribution >= 4 is 5.97 Å². The summed E-state index contributed by atoms with van der Waals surface area (Å²) in [5, 5.41) is 16.3. The second-order valence-corrected chi connectivity index (χ2v) is 8.98. The second kappa shape index (κ2) is 14.3. The number of nitrogens with zero attached hydrogens (tertiary/aromatic N) is 7. The molecule has 0 saturated heterocycles. The molecule has 0 spiro atoms. The van der Waals surface area contributed by atoms with Crippen molar-refractivity contribution in [2.75, 3.05) is 46.8 Å². The number of carbonyl (C=O) groups excluding carboxylic acids is 1. The molecule has 3 heterocycles. The third-order valence-electron chi connectivity index (χ3n) is 6.04. The van der Waals surface area contributed by atoms with Crippen LogP contribution in [0.15, 0.2) is 73.1 Å². The van der Waals surface area contributed by atoms with Crippen LogP contribution in [0.5, 0.6) is 0 Å². The molecule has 0 saturated carbocycles. The topological polar surface area (TPSA) is 128 Å². The zero-order valence-electron chi connectivity index (χ0n) is 23.1. The fraction of sp³-hybridized carbons (Fsp3) is 0.241. The predicted octanol–water partition coefficient (Wildman–Crippen LogP) is 3.69. The molecule has 0 aliphatic rings. The van der Waals surface area contributed by atoms with E-state index in [1.54, 1.807) is 43.5 Å². The molecule has 0 unspecified atom stereocenters. The van der Waals surface area contributed by atoms with Crippen molar-refractivity contribution in [1.29, 1.82) is 0 Å². The lowest BCUT2D eigenvalue weighted by molar-refractivity contribution is 0.00570. The van der Waals surface area contributed by atoms with E-state index in [4.69, 9.17) is 18.9 Å². The van der Waals surface area contributed by atoms with E-state index < -0.39 is 17.6 Å². The van der Waals surface area contributed by atoms with E-state index in [1.807, 2.05) is 0 Å². The number of ether oxygens (including phenoxy) is 4. The highest BCUT2D eigenvalue weighted by Crippen LogP contribution is 2.25. The molecule has 3 aromatic heterocycles. The fourth-order valence-corrected chi connectivity index (χ4v) is 3.92. The number of halogens is 2. The number of esters is 1. The summed E-state index contributed by atoms with van der Waals surface area (Å²) in [5.74, 6) is -1.62. The highest BCUT2D eigenvalue weighted by Gasteiger charge is 2.18. The van der Waals surface area contributed by atoms with Gasteiger partial charge in [0, 0.05) is 7.11 Å². The van der Waals surface area contributed by atoms with Crippen LogP contribution in [0.3, 0.4) is 0 Å². The standard InChI is InChI=1S/C29H27F2N7O5/c1-40-10-11-41-12-13-42-14-15-43-29(39)20-16-23(25-18-37(35-33-25)27-8-4-2-6-21(27)30)32-24(17-20)26-19-38(36-34-26)28-9-5-3-7-22(28)31/h2-9,16-19H,10-15H2,1H3. The number of para-hydroxylation sites is 2. The summed E-state index contributed by atoms with van der Waals surface area (Å²) in [5.41, 5.74) is 1.54. The van der Waals surface area contributed by atoms with Gasteiger partial charge in [0.15, 0.2) is 0 Å². The molecule has 0 atom stereocenters. The highest BCUT2D eigenvalue weighted by molar-refractivity contribution is 5.91. The van der Waals surface area contributed by atoms with Gasteiger partial charge in [-0.1, -0.05) is 34.7 Å². The monoisotopic (exact) mass is 591 g/mol. The Hall–Kier alpha value is -4.92. The maximum atomic E-state index is 14.3. The molecule has 0 aliphatic carbocycles. The number of hydrogen-bond acceptors (Lipinski definition) is 10. The van der Waals surface area contributed by atoms with Crippen LogP contribution in [0, 0.1) is 11.6 Å². The largest absolute Gasteiger partial charge is 0.460 e. The van der Waals surface area contributed by atoms with Gasteiger partial charge in [-0.15, -0.1) is 10.2 Å². The van der Waals surface area contributed by atoms with Crippen LogP contribution in [0.2, 0.25) is 0 Å². The minimum absolute atomic E-state index is 0.00315. The highest BCUT2D eigenvalue weighted by atomic mass is 19.1. The van der Waals surface area contributed by atoms with Crippen molar-refractivity contribution in [3.63, 3.8) is 0 Å². The van der Waals surface area contributed by atoms with Crippen LogP contribution >= 0.6 is 0 Å². The SMILES string of the molecule is COCCOCCOCCOC(=O)c1cc(-c2cn(-c3ccccc3F)nn2)nc(-c2cn(-c3ccccc3F)nn2)c1. The number of hydrogen-bond donors (Lipinski definition) is 0. The van der Waals surface area contributed by atoms with Gasteiger partial charge in [-0.2, -0.15) is 0 Å². The van der Waals surface area contributed by atoms with Crippen molar-refractivity contribution in [2.24, 2.45) is 0 Å². The lowest BCUT2D eigenvalue weighted by Crippen LogP contribution is -2.14. The Morgan fingerprint density at radius 1 is 0.698 bits per heavy atom. The summed E-state index contributed by atoms with van der Waals surface area (Å²) in [6.07, 6.45) is 2.97. The van der Waals surface area contributed by atoms with Gasteiger partial charge in [-0.05, 0) is 36.4 Å². The summed E-state index contributed by atoms with van der Waals surface area (Å²) in [7, 11) is 1.59. The second-order valence-electron chi connectivity index (χ2n) is 8.98. The quantitative estimate of drug-likeness (QED) is 0.139. The zero-order chi connectivity index (χ0) is 30.0. The molecule has 0 bridgehead atoms. The summed E-state index contributed by atoms with van der Waals surface area (Å²) in [6.45, 7) is 1.83. The summed E-state index contributed by atoms with van der Waals surface area (Å²) in [4.78, 5) is 17.6. The number of rotatable bonds is 14. The van der Waals surface area contributed by atoms with Crippen molar-refractivity contribution in [3.05, 3.63) is 90.3 Å². The molecule has 43 heavy (non-hydrogen) atoms. The van der Waals surface area contributed by atoms with Crippen molar-refractivity contribution in [3.8, 4) is 34.2 Å². The Kier molecular flexibility index (Phi) is 9.84. The number of aromatic nitrogens is 7. The molecule has 0 radical (unpaired) electrons. The van der Waals surface area contributed by atoms with Gasteiger partial charge in [-0.3, -0.25) is 0 Å². The van der Waals surface area contributed by atoms with Gasteiger partial charge < -0.3 is 18.9 Å². The third-order valence-corrected chi connectivity index (χ3v) is 6.04. The molecule has 14 heteroatoms. The van der Waals surface area contributed by atoms with E-state index >= 15 is 0 Å². The molecule has 5 aromatic rings. The van der Waals surface area contributed by atoms with Gasteiger partial charge in [0.05, 0.1) is 62.4 Å². The smallest absolute Gasteiger partial charge is 0.338 e. The number of benzene rings is 2. The first-order valence-electron chi connectivity index (χ1n) is 13.2. The predicted molar refractivity (Wildman–Crippen MR) is 149 cm³/mol. The normalized spacial score (nSPS) is 11.1. The molecule has 0 aliphatic heterocycles. The summed E-state index contributed by atoms with van der Waals surface area (Å²) in [6, 6.07) is 15.1. The third kappa shape index (κ3) is 7.48. The Morgan fingerprint density at radius 3 is 1.70 bits per heavy atom. The molecule has 12 nitrogen and oxygen atoms in total. The van der Waals surface area contributed by atoms with E-state index in [-0.39, 0.29) is 52.9 Å². The first kappa shape index (κ1) is 29.6. The molecule has 0 fully saturated rings. The van der Waals surface area contributed by atoms with E-state index in [1.165, 1.54) is 46.0 Å².